The summed E-state index contributed by atoms with van der Waals surface area (Å²) < 4.78 is 7.35. The Hall–Kier alpha value is -2.37. The third-order valence-corrected chi connectivity index (χ3v) is 4.45. The molecule has 1 aromatic heterocycles. The molecule has 1 aliphatic heterocycles. The van der Waals surface area contributed by atoms with E-state index in [2.05, 4.69) is 17.2 Å². The lowest BCUT2D eigenvalue weighted by Crippen LogP contribution is -2.39. The fraction of sp³-hybridized carbons (Fsp3) is 0.526. The first-order valence-corrected chi connectivity index (χ1v) is 9.19. The molecule has 1 aliphatic rings. The van der Waals surface area contributed by atoms with Crippen molar-refractivity contribution >= 4 is 11.6 Å². The van der Waals surface area contributed by atoms with Gasteiger partial charge in [0, 0.05) is 19.3 Å². The maximum absolute atomic E-state index is 12.1. The monoisotopic (exact) mass is 342 g/mol. The molecule has 134 valence electrons. The molecule has 0 fully saturated rings. The molecule has 0 saturated carbocycles. The van der Waals surface area contributed by atoms with Crippen LogP contribution in [0.2, 0.25) is 0 Å². The molecule has 2 aromatic rings. The van der Waals surface area contributed by atoms with Crippen molar-refractivity contribution in [1.29, 1.82) is 0 Å². The van der Waals surface area contributed by atoms with Gasteiger partial charge in [-0.2, -0.15) is 0 Å². The highest BCUT2D eigenvalue weighted by Crippen LogP contribution is 2.31. The molecule has 0 atom stereocenters. The second-order valence-corrected chi connectivity index (χ2v) is 6.44. The largest absolute Gasteiger partial charge is 0.482 e. The number of benzene rings is 1. The lowest BCUT2D eigenvalue weighted by molar-refractivity contribution is -0.121. The van der Waals surface area contributed by atoms with Gasteiger partial charge in [-0.25, -0.2) is 0 Å². The molecule has 6 heteroatoms. The maximum atomic E-state index is 12.1. The van der Waals surface area contributed by atoms with Gasteiger partial charge >= 0.3 is 0 Å². The minimum Gasteiger partial charge on any atom is -0.482 e. The predicted octanol–water partition coefficient (Wildman–Crippen LogP) is 3.22. The van der Waals surface area contributed by atoms with E-state index in [0.717, 1.165) is 36.5 Å². The zero-order valence-electron chi connectivity index (χ0n) is 14.9. The Morgan fingerprint density at radius 1 is 1.12 bits per heavy atom. The van der Waals surface area contributed by atoms with E-state index < -0.39 is 0 Å². The Bertz CT molecular complexity index is 698. The number of ether oxygens (including phenoxy) is 1. The van der Waals surface area contributed by atoms with Crippen LogP contribution in [0.1, 0.15) is 44.7 Å². The number of para-hydroxylation sites is 2. The first kappa shape index (κ1) is 17.5. The van der Waals surface area contributed by atoms with Crippen LogP contribution in [0.5, 0.6) is 5.75 Å². The lowest BCUT2D eigenvalue weighted by atomic mass is 10.1. The van der Waals surface area contributed by atoms with E-state index in [-0.39, 0.29) is 12.5 Å². The Kier molecular flexibility index (Phi) is 6.04. The number of hydrogen-bond acceptors (Lipinski definition) is 4. The van der Waals surface area contributed by atoms with Crippen LogP contribution >= 0.6 is 0 Å². The van der Waals surface area contributed by atoms with Crippen molar-refractivity contribution in [2.45, 2.75) is 52.0 Å². The number of aromatic nitrogens is 3. The van der Waals surface area contributed by atoms with Crippen molar-refractivity contribution in [1.82, 2.24) is 15.0 Å². The van der Waals surface area contributed by atoms with E-state index in [1.807, 2.05) is 35.1 Å². The Morgan fingerprint density at radius 3 is 2.88 bits per heavy atom. The summed E-state index contributed by atoms with van der Waals surface area (Å²) in [5, 5.41) is 8.44. The zero-order chi connectivity index (χ0) is 17.5. The highest BCUT2D eigenvalue weighted by molar-refractivity contribution is 5.97. The van der Waals surface area contributed by atoms with Gasteiger partial charge < -0.3 is 9.64 Å². The van der Waals surface area contributed by atoms with E-state index in [9.17, 15) is 4.79 Å². The number of carbonyl (C=O) groups excluding carboxylic acids is 1. The normalized spacial score (nSPS) is 13.6. The summed E-state index contributed by atoms with van der Waals surface area (Å²) in [4.78, 5) is 13.9. The predicted molar refractivity (Wildman–Crippen MR) is 96.8 cm³/mol. The SMILES string of the molecule is CCCCCCc1cn(CCCN2C(=O)COc3ccccc32)nn1. The first-order valence-electron chi connectivity index (χ1n) is 9.19. The number of nitrogens with zero attached hydrogens (tertiary/aromatic N) is 4. The molecular formula is C19H26N4O2. The van der Waals surface area contributed by atoms with Gasteiger partial charge in [-0.3, -0.25) is 9.48 Å². The molecule has 1 amide bonds. The Labute approximate surface area is 148 Å². The minimum absolute atomic E-state index is 0.00824. The van der Waals surface area contributed by atoms with Crippen LogP contribution in [0.3, 0.4) is 0 Å². The van der Waals surface area contributed by atoms with Gasteiger partial charge in [-0.15, -0.1) is 5.10 Å². The van der Waals surface area contributed by atoms with Crippen LogP contribution in [0.15, 0.2) is 30.5 Å². The third-order valence-electron chi connectivity index (χ3n) is 4.45. The number of fused-ring (bicyclic) bond motifs is 1. The van der Waals surface area contributed by atoms with E-state index in [0.29, 0.717) is 6.54 Å². The first-order chi connectivity index (χ1) is 12.3. The van der Waals surface area contributed by atoms with Crippen LogP contribution in [0, 0.1) is 0 Å². The van der Waals surface area contributed by atoms with Gasteiger partial charge in [0.1, 0.15) is 5.75 Å². The van der Waals surface area contributed by atoms with Crippen LogP contribution in [-0.4, -0.2) is 34.1 Å². The Balaban J connectivity index is 1.48. The lowest BCUT2D eigenvalue weighted by Gasteiger charge is -2.29. The average molecular weight is 342 g/mol. The molecule has 0 N–H and O–H groups in total. The van der Waals surface area contributed by atoms with Crippen LogP contribution < -0.4 is 9.64 Å². The van der Waals surface area contributed by atoms with E-state index >= 15 is 0 Å². The number of carbonyl (C=O) groups is 1. The smallest absolute Gasteiger partial charge is 0.265 e. The van der Waals surface area contributed by atoms with Gasteiger partial charge in [-0.1, -0.05) is 43.5 Å². The zero-order valence-corrected chi connectivity index (χ0v) is 14.9. The number of anilines is 1. The molecule has 0 radical (unpaired) electrons. The van der Waals surface area contributed by atoms with Gasteiger partial charge in [-0.05, 0) is 31.4 Å². The summed E-state index contributed by atoms with van der Waals surface area (Å²) in [5.74, 6) is 0.783. The maximum Gasteiger partial charge on any atom is 0.265 e. The van der Waals surface area contributed by atoms with E-state index in [4.69, 9.17) is 4.74 Å². The van der Waals surface area contributed by atoms with Gasteiger partial charge in [0.15, 0.2) is 6.61 Å². The summed E-state index contributed by atoms with van der Waals surface area (Å²) in [7, 11) is 0. The molecular weight excluding hydrogens is 316 g/mol. The minimum atomic E-state index is 0.00824. The fourth-order valence-corrected chi connectivity index (χ4v) is 3.09. The molecule has 0 unspecified atom stereocenters. The van der Waals surface area contributed by atoms with Gasteiger partial charge in [0.05, 0.1) is 11.4 Å². The molecule has 0 bridgehead atoms. The number of amides is 1. The summed E-state index contributed by atoms with van der Waals surface area (Å²) in [5.41, 5.74) is 1.91. The average Bonchev–Trinajstić information content (AvgIpc) is 3.08. The highest BCUT2D eigenvalue weighted by Gasteiger charge is 2.24. The second kappa shape index (κ2) is 8.65. The quantitative estimate of drug-likeness (QED) is 0.657. The number of aryl methyl sites for hydroxylation is 2. The summed E-state index contributed by atoms with van der Waals surface area (Å²) in [6.07, 6.45) is 8.81. The van der Waals surface area contributed by atoms with Crippen molar-refractivity contribution in [2.75, 3.05) is 18.1 Å². The van der Waals surface area contributed by atoms with Crippen molar-refractivity contribution in [3.8, 4) is 5.75 Å². The third kappa shape index (κ3) is 4.59. The van der Waals surface area contributed by atoms with Crippen LogP contribution in [-0.2, 0) is 17.8 Å². The molecule has 0 aliphatic carbocycles. The molecule has 2 heterocycles. The van der Waals surface area contributed by atoms with Crippen LogP contribution in [0.4, 0.5) is 5.69 Å². The van der Waals surface area contributed by atoms with Crippen molar-refractivity contribution in [3.05, 3.63) is 36.2 Å². The number of rotatable bonds is 9. The molecule has 0 saturated heterocycles. The highest BCUT2D eigenvalue weighted by atomic mass is 16.5. The van der Waals surface area contributed by atoms with Crippen molar-refractivity contribution in [3.63, 3.8) is 0 Å². The topological polar surface area (TPSA) is 60.2 Å². The van der Waals surface area contributed by atoms with Crippen LogP contribution in [0.25, 0.3) is 0 Å². The summed E-state index contributed by atoms with van der Waals surface area (Å²) in [6.45, 7) is 3.75. The van der Waals surface area contributed by atoms with E-state index in [1.54, 1.807) is 4.90 Å². The van der Waals surface area contributed by atoms with Crippen molar-refractivity contribution in [2.24, 2.45) is 0 Å². The fourth-order valence-electron chi connectivity index (χ4n) is 3.09. The molecule has 0 spiro atoms. The molecule has 3 rings (SSSR count). The van der Waals surface area contributed by atoms with Gasteiger partial charge in [0.2, 0.25) is 0 Å². The summed E-state index contributed by atoms with van der Waals surface area (Å²) >= 11 is 0. The van der Waals surface area contributed by atoms with E-state index in [1.165, 1.54) is 25.7 Å². The standard InChI is InChI=1S/C19H26N4O2/c1-2-3-4-5-9-16-14-22(21-20-16)12-8-13-23-17-10-6-7-11-18(17)25-15-19(23)24/h6-7,10-11,14H,2-5,8-9,12-13,15H2,1H3. The molecule has 6 nitrogen and oxygen atoms in total. The number of hydrogen-bond donors (Lipinski definition) is 0. The summed E-state index contributed by atoms with van der Waals surface area (Å²) in [6, 6.07) is 7.67. The molecule has 25 heavy (non-hydrogen) atoms. The molecule has 1 aromatic carbocycles. The van der Waals surface area contributed by atoms with Crippen molar-refractivity contribution < 1.29 is 9.53 Å². The Morgan fingerprint density at radius 2 is 2.00 bits per heavy atom. The van der Waals surface area contributed by atoms with Gasteiger partial charge in [0.25, 0.3) is 5.91 Å². The number of unbranched alkanes of at least 4 members (excludes halogenated alkanes) is 3. The second-order valence-electron chi connectivity index (χ2n) is 6.44.